The Bertz CT molecular complexity index is 253. The van der Waals surface area contributed by atoms with Crippen LogP contribution in [0.5, 0.6) is 0 Å². The summed E-state index contributed by atoms with van der Waals surface area (Å²) < 4.78 is 0. The van der Waals surface area contributed by atoms with Crippen LogP contribution in [0.15, 0.2) is 0 Å². The molecule has 1 aliphatic heterocycles. The number of Topliss-reactive ketones (excluding diaryl/α,β-unsaturated/α-hetero) is 1. The van der Waals surface area contributed by atoms with E-state index >= 15 is 0 Å². The van der Waals surface area contributed by atoms with E-state index in [1.54, 1.807) is 11.8 Å². The topological polar surface area (TPSA) is 40.6 Å². The summed E-state index contributed by atoms with van der Waals surface area (Å²) in [6, 6.07) is -0.0863. The monoisotopic (exact) mass is 212 g/mol. The SMILES string of the molecule is CC(=O)CCN1CCCN(C)C(=O)C1C. The van der Waals surface area contributed by atoms with Crippen LogP contribution in [-0.2, 0) is 9.59 Å². The molecule has 15 heavy (non-hydrogen) atoms. The molecule has 0 spiro atoms. The Morgan fingerprint density at radius 1 is 1.47 bits per heavy atom. The first-order valence-corrected chi connectivity index (χ1v) is 5.51. The van der Waals surface area contributed by atoms with Crippen molar-refractivity contribution in [3.8, 4) is 0 Å². The van der Waals surface area contributed by atoms with Gasteiger partial charge in [0, 0.05) is 33.1 Å². The van der Waals surface area contributed by atoms with Crippen LogP contribution in [0.1, 0.15) is 26.7 Å². The molecule has 0 aromatic heterocycles. The minimum Gasteiger partial charge on any atom is -0.344 e. The van der Waals surface area contributed by atoms with E-state index in [1.165, 1.54) is 0 Å². The van der Waals surface area contributed by atoms with E-state index in [2.05, 4.69) is 4.90 Å². The Kier molecular flexibility index (Phi) is 4.27. The predicted molar refractivity (Wildman–Crippen MR) is 58.6 cm³/mol. The highest BCUT2D eigenvalue weighted by Crippen LogP contribution is 2.10. The third-order valence-electron chi connectivity index (χ3n) is 2.97. The first-order valence-electron chi connectivity index (χ1n) is 5.51. The van der Waals surface area contributed by atoms with E-state index in [0.29, 0.717) is 13.0 Å². The fourth-order valence-corrected chi connectivity index (χ4v) is 1.90. The van der Waals surface area contributed by atoms with Crippen LogP contribution in [0.25, 0.3) is 0 Å². The molecule has 1 aliphatic rings. The Morgan fingerprint density at radius 2 is 2.13 bits per heavy atom. The molecule has 0 bridgehead atoms. The van der Waals surface area contributed by atoms with Crippen LogP contribution >= 0.6 is 0 Å². The van der Waals surface area contributed by atoms with Crippen molar-refractivity contribution in [1.29, 1.82) is 0 Å². The number of hydrogen-bond acceptors (Lipinski definition) is 3. The summed E-state index contributed by atoms with van der Waals surface area (Å²) in [7, 11) is 1.84. The van der Waals surface area contributed by atoms with Crippen LogP contribution < -0.4 is 0 Å². The number of ketones is 1. The van der Waals surface area contributed by atoms with Crippen molar-refractivity contribution in [2.45, 2.75) is 32.7 Å². The summed E-state index contributed by atoms with van der Waals surface area (Å²) in [5, 5.41) is 0. The zero-order valence-electron chi connectivity index (χ0n) is 9.82. The van der Waals surface area contributed by atoms with Crippen molar-refractivity contribution in [1.82, 2.24) is 9.80 Å². The summed E-state index contributed by atoms with van der Waals surface area (Å²) in [6.45, 7) is 5.95. The van der Waals surface area contributed by atoms with Gasteiger partial charge in [-0.05, 0) is 20.3 Å². The standard InChI is InChI=1S/C11H20N2O2/c1-9(14)5-8-13-7-4-6-12(3)11(15)10(13)2/h10H,4-8H2,1-3H3. The lowest BCUT2D eigenvalue weighted by atomic mass is 10.2. The Labute approximate surface area is 91.2 Å². The summed E-state index contributed by atoms with van der Waals surface area (Å²) in [6.07, 6.45) is 1.53. The van der Waals surface area contributed by atoms with Crippen molar-refractivity contribution in [3.05, 3.63) is 0 Å². The average Bonchev–Trinajstić information content (AvgIpc) is 2.29. The lowest BCUT2D eigenvalue weighted by Gasteiger charge is -2.26. The van der Waals surface area contributed by atoms with Crippen LogP contribution in [0.2, 0.25) is 0 Å². The minimum atomic E-state index is -0.0863. The maximum atomic E-state index is 11.8. The van der Waals surface area contributed by atoms with Crippen LogP contribution in [-0.4, -0.2) is 54.2 Å². The second-order valence-electron chi connectivity index (χ2n) is 4.28. The number of amides is 1. The third kappa shape index (κ3) is 3.30. The molecule has 0 N–H and O–H groups in total. The molecule has 0 aliphatic carbocycles. The summed E-state index contributed by atoms with van der Waals surface area (Å²) in [5.41, 5.74) is 0. The first kappa shape index (κ1) is 12.2. The van der Waals surface area contributed by atoms with Gasteiger partial charge in [-0.1, -0.05) is 0 Å². The van der Waals surface area contributed by atoms with Crippen molar-refractivity contribution < 1.29 is 9.59 Å². The molecule has 0 aromatic carbocycles. The maximum absolute atomic E-state index is 11.8. The van der Waals surface area contributed by atoms with E-state index in [4.69, 9.17) is 0 Å². The molecule has 1 fully saturated rings. The minimum absolute atomic E-state index is 0.0863. The van der Waals surface area contributed by atoms with Gasteiger partial charge >= 0.3 is 0 Å². The van der Waals surface area contributed by atoms with Crippen molar-refractivity contribution >= 4 is 11.7 Å². The van der Waals surface area contributed by atoms with Gasteiger partial charge in [0.25, 0.3) is 0 Å². The zero-order valence-corrected chi connectivity index (χ0v) is 9.82. The lowest BCUT2D eigenvalue weighted by Crippen LogP contribution is -2.43. The Morgan fingerprint density at radius 3 is 2.73 bits per heavy atom. The zero-order chi connectivity index (χ0) is 11.4. The lowest BCUT2D eigenvalue weighted by molar-refractivity contribution is -0.133. The fraction of sp³-hybridized carbons (Fsp3) is 0.818. The van der Waals surface area contributed by atoms with E-state index in [1.807, 2.05) is 14.0 Å². The predicted octanol–water partition coefficient (Wildman–Crippen LogP) is 0.518. The van der Waals surface area contributed by atoms with Gasteiger partial charge in [-0.3, -0.25) is 14.5 Å². The molecule has 1 atom stereocenters. The van der Waals surface area contributed by atoms with Gasteiger partial charge in [0.1, 0.15) is 5.78 Å². The van der Waals surface area contributed by atoms with E-state index in [9.17, 15) is 9.59 Å². The van der Waals surface area contributed by atoms with Crippen LogP contribution in [0, 0.1) is 0 Å². The number of rotatable bonds is 3. The van der Waals surface area contributed by atoms with E-state index in [0.717, 1.165) is 19.5 Å². The number of hydrogen-bond donors (Lipinski definition) is 0. The van der Waals surface area contributed by atoms with Gasteiger partial charge in [0.2, 0.25) is 5.91 Å². The van der Waals surface area contributed by atoms with Gasteiger partial charge in [-0.2, -0.15) is 0 Å². The second kappa shape index (κ2) is 5.26. The number of carbonyl (C=O) groups is 2. The van der Waals surface area contributed by atoms with E-state index in [-0.39, 0.29) is 17.7 Å². The van der Waals surface area contributed by atoms with Crippen LogP contribution in [0.4, 0.5) is 0 Å². The molecule has 4 nitrogen and oxygen atoms in total. The number of nitrogens with zero attached hydrogens (tertiary/aromatic N) is 2. The van der Waals surface area contributed by atoms with Gasteiger partial charge < -0.3 is 4.90 Å². The molecule has 86 valence electrons. The first-order chi connectivity index (χ1) is 7.02. The molecule has 1 heterocycles. The quantitative estimate of drug-likeness (QED) is 0.684. The Hall–Kier alpha value is -0.900. The maximum Gasteiger partial charge on any atom is 0.239 e. The largest absolute Gasteiger partial charge is 0.344 e. The molecule has 1 unspecified atom stereocenters. The molecule has 1 amide bonds. The fourth-order valence-electron chi connectivity index (χ4n) is 1.90. The van der Waals surface area contributed by atoms with Crippen LogP contribution in [0.3, 0.4) is 0 Å². The van der Waals surface area contributed by atoms with Gasteiger partial charge in [0.05, 0.1) is 6.04 Å². The van der Waals surface area contributed by atoms with Crippen molar-refractivity contribution in [2.24, 2.45) is 0 Å². The third-order valence-corrected chi connectivity index (χ3v) is 2.97. The average molecular weight is 212 g/mol. The highest BCUT2D eigenvalue weighted by atomic mass is 16.2. The highest BCUT2D eigenvalue weighted by molar-refractivity contribution is 5.81. The molecule has 4 heteroatoms. The molecular weight excluding hydrogens is 192 g/mol. The molecule has 0 radical (unpaired) electrons. The molecular formula is C11H20N2O2. The second-order valence-corrected chi connectivity index (χ2v) is 4.28. The number of carbonyl (C=O) groups excluding carboxylic acids is 2. The summed E-state index contributed by atoms with van der Waals surface area (Å²) in [4.78, 5) is 26.6. The van der Waals surface area contributed by atoms with E-state index < -0.39 is 0 Å². The Balaban J connectivity index is 2.56. The molecule has 1 rings (SSSR count). The van der Waals surface area contributed by atoms with Gasteiger partial charge in [0.15, 0.2) is 0 Å². The summed E-state index contributed by atoms with van der Waals surface area (Å²) in [5.74, 6) is 0.350. The van der Waals surface area contributed by atoms with Gasteiger partial charge in [-0.15, -0.1) is 0 Å². The summed E-state index contributed by atoms with van der Waals surface area (Å²) >= 11 is 0. The van der Waals surface area contributed by atoms with Crippen molar-refractivity contribution in [2.75, 3.05) is 26.7 Å². The smallest absolute Gasteiger partial charge is 0.239 e. The molecule has 1 saturated heterocycles. The molecule has 0 aromatic rings. The van der Waals surface area contributed by atoms with Gasteiger partial charge in [-0.25, -0.2) is 0 Å². The number of likely N-dealkylation sites (N-methyl/N-ethyl adjacent to an activating group) is 1. The van der Waals surface area contributed by atoms with Crippen molar-refractivity contribution in [3.63, 3.8) is 0 Å². The highest BCUT2D eigenvalue weighted by Gasteiger charge is 2.26. The molecule has 0 saturated carbocycles. The normalized spacial score (nSPS) is 24.1.